The molecule has 1 aromatic heterocycles. The van der Waals surface area contributed by atoms with Gasteiger partial charge in [-0.05, 0) is 38.5 Å². The topological polar surface area (TPSA) is 40.7 Å². The average Bonchev–Trinajstić information content (AvgIpc) is 2.73. The van der Waals surface area contributed by atoms with E-state index in [2.05, 4.69) is 29.1 Å². The van der Waals surface area contributed by atoms with Crippen molar-refractivity contribution in [2.75, 3.05) is 0 Å². The maximum absolute atomic E-state index is 4.23. The SMILES string of the molecule is CC1CCC(C)(NCc2ncc[nH]2)CC1. The van der Waals surface area contributed by atoms with Gasteiger partial charge in [0, 0.05) is 17.9 Å². The molecule has 2 N–H and O–H groups in total. The van der Waals surface area contributed by atoms with Crippen LogP contribution >= 0.6 is 0 Å². The van der Waals surface area contributed by atoms with Crippen LogP contribution in [0.2, 0.25) is 0 Å². The number of nitrogens with one attached hydrogen (secondary N) is 2. The van der Waals surface area contributed by atoms with Crippen LogP contribution in [0, 0.1) is 5.92 Å². The van der Waals surface area contributed by atoms with Crippen LogP contribution in [0.5, 0.6) is 0 Å². The highest BCUT2D eigenvalue weighted by Gasteiger charge is 2.28. The van der Waals surface area contributed by atoms with Crippen LogP contribution in [0.15, 0.2) is 12.4 Å². The van der Waals surface area contributed by atoms with Gasteiger partial charge in [-0.3, -0.25) is 0 Å². The summed E-state index contributed by atoms with van der Waals surface area (Å²) in [6.07, 6.45) is 8.96. The molecule has 0 saturated heterocycles. The Hall–Kier alpha value is -0.830. The molecule has 1 fully saturated rings. The number of nitrogens with zero attached hydrogens (tertiary/aromatic N) is 1. The second-order valence-electron chi connectivity index (χ2n) is 5.13. The third-order valence-corrected chi connectivity index (χ3v) is 3.62. The van der Waals surface area contributed by atoms with E-state index in [0.29, 0.717) is 5.54 Å². The van der Waals surface area contributed by atoms with Crippen LogP contribution in [0.1, 0.15) is 45.4 Å². The van der Waals surface area contributed by atoms with Crippen LogP contribution in [0.4, 0.5) is 0 Å². The Kier molecular flexibility index (Phi) is 3.10. The first kappa shape index (κ1) is 10.7. The van der Waals surface area contributed by atoms with Crippen molar-refractivity contribution in [1.82, 2.24) is 15.3 Å². The van der Waals surface area contributed by atoms with E-state index in [1.54, 1.807) is 0 Å². The van der Waals surface area contributed by atoms with Gasteiger partial charge in [0.2, 0.25) is 0 Å². The lowest BCUT2D eigenvalue weighted by atomic mass is 9.78. The van der Waals surface area contributed by atoms with E-state index in [-0.39, 0.29) is 0 Å². The third-order valence-electron chi connectivity index (χ3n) is 3.62. The molecule has 15 heavy (non-hydrogen) atoms. The fourth-order valence-corrected chi connectivity index (χ4v) is 2.27. The van der Waals surface area contributed by atoms with Crippen molar-refractivity contribution in [1.29, 1.82) is 0 Å². The molecular formula is C12H21N3. The molecule has 0 amide bonds. The van der Waals surface area contributed by atoms with Gasteiger partial charge in [0.15, 0.2) is 0 Å². The van der Waals surface area contributed by atoms with Gasteiger partial charge in [-0.2, -0.15) is 0 Å². The lowest BCUT2D eigenvalue weighted by molar-refractivity contribution is 0.211. The normalized spacial score (nSPS) is 31.7. The predicted molar refractivity (Wildman–Crippen MR) is 61.5 cm³/mol. The lowest BCUT2D eigenvalue weighted by Gasteiger charge is -2.37. The van der Waals surface area contributed by atoms with E-state index in [1.165, 1.54) is 25.7 Å². The predicted octanol–water partition coefficient (Wildman–Crippen LogP) is 2.47. The molecule has 0 bridgehead atoms. The number of imidazole rings is 1. The molecule has 0 atom stereocenters. The third kappa shape index (κ3) is 2.81. The van der Waals surface area contributed by atoms with Crippen molar-refractivity contribution in [2.24, 2.45) is 5.92 Å². The Labute approximate surface area is 91.7 Å². The van der Waals surface area contributed by atoms with Crippen LogP contribution < -0.4 is 5.32 Å². The maximum Gasteiger partial charge on any atom is 0.120 e. The minimum atomic E-state index is 0.319. The number of rotatable bonds is 3. The molecule has 1 saturated carbocycles. The van der Waals surface area contributed by atoms with E-state index >= 15 is 0 Å². The van der Waals surface area contributed by atoms with Crippen LogP contribution in [-0.4, -0.2) is 15.5 Å². The van der Waals surface area contributed by atoms with Gasteiger partial charge in [0.25, 0.3) is 0 Å². The second-order valence-corrected chi connectivity index (χ2v) is 5.13. The van der Waals surface area contributed by atoms with Gasteiger partial charge in [-0.25, -0.2) is 4.98 Å². The maximum atomic E-state index is 4.23. The first-order valence-corrected chi connectivity index (χ1v) is 5.91. The fourth-order valence-electron chi connectivity index (χ4n) is 2.27. The van der Waals surface area contributed by atoms with Crippen LogP contribution in [0.3, 0.4) is 0 Å². The van der Waals surface area contributed by atoms with Crippen molar-refractivity contribution in [3.63, 3.8) is 0 Å². The van der Waals surface area contributed by atoms with Gasteiger partial charge in [0.1, 0.15) is 5.82 Å². The summed E-state index contributed by atoms with van der Waals surface area (Å²) < 4.78 is 0. The molecule has 1 aromatic rings. The summed E-state index contributed by atoms with van der Waals surface area (Å²) in [4.78, 5) is 7.36. The minimum absolute atomic E-state index is 0.319. The molecule has 84 valence electrons. The highest BCUT2D eigenvalue weighted by molar-refractivity contribution is 4.92. The molecule has 0 unspecified atom stereocenters. The van der Waals surface area contributed by atoms with Crippen molar-refractivity contribution < 1.29 is 0 Å². The zero-order valence-electron chi connectivity index (χ0n) is 9.71. The molecule has 3 nitrogen and oxygen atoms in total. The molecule has 1 aliphatic rings. The van der Waals surface area contributed by atoms with Gasteiger partial charge in [-0.15, -0.1) is 0 Å². The highest BCUT2D eigenvalue weighted by Crippen LogP contribution is 2.31. The molecule has 3 heteroatoms. The zero-order chi connectivity index (χ0) is 10.7. The first-order chi connectivity index (χ1) is 7.18. The fraction of sp³-hybridized carbons (Fsp3) is 0.750. The van der Waals surface area contributed by atoms with E-state index in [9.17, 15) is 0 Å². The Morgan fingerprint density at radius 3 is 2.87 bits per heavy atom. The molecule has 1 heterocycles. The van der Waals surface area contributed by atoms with Crippen molar-refractivity contribution in [2.45, 2.75) is 51.6 Å². The highest BCUT2D eigenvalue weighted by atomic mass is 15.0. The standard InChI is InChI=1S/C12H21N3/c1-10-3-5-12(2,6-4-10)15-9-11-13-7-8-14-11/h7-8,10,15H,3-6,9H2,1-2H3,(H,13,14). The molecule has 0 spiro atoms. The van der Waals surface area contributed by atoms with E-state index < -0.39 is 0 Å². The Morgan fingerprint density at radius 1 is 1.53 bits per heavy atom. The molecule has 2 rings (SSSR count). The van der Waals surface area contributed by atoms with Crippen LogP contribution in [-0.2, 0) is 6.54 Å². The summed E-state index contributed by atoms with van der Waals surface area (Å²) in [7, 11) is 0. The summed E-state index contributed by atoms with van der Waals surface area (Å²) in [5.41, 5.74) is 0.319. The van der Waals surface area contributed by atoms with E-state index in [4.69, 9.17) is 0 Å². The van der Waals surface area contributed by atoms with Gasteiger partial charge in [0.05, 0.1) is 6.54 Å². The lowest BCUT2D eigenvalue weighted by Crippen LogP contribution is -2.44. The quantitative estimate of drug-likeness (QED) is 0.799. The molecular weight excluding hydrogens is 186 g/mol. The number of H-pyrrole nitrogens is 1. The number of hydrogen-bond donors (Lipinski definition) is 2. The van der Waals surface area contributed by atoms with E-state index in [0.717, 1.165) is 18.3 Å². The molecule has 0 radical (unpaired) electrons. The van der Waals surface area contributed by atoms with Crippen molar-refractivity contribution in [3.05, 3.63) is 18.2 Å². The average molecular weight is 207 g/mol. The summed E-state index contributed by atoms with van der Waals surface area (Å²) in [5.74, 6) is 1.94. The zero-order valence-corrected chi connectivity index (χ0v) is 9.71. The van der Waals surface area contributed by atoms with Gasteiger partial charge in [-0.1, -0.05) is 6.92 Å². The minimum Gasteiger partial charge on any atom is -0.348 e. The largest absolute Gasteiger partial charge is 0.348 e. The second kappa shape index (κ2) is 4.35. The summed E-state index contributed by atoms with van der Waals surface area (Å²) >= 11 is 0. The van der Waals surface area contributed by atoms with Crippen LogP contribution in [0.25, 0.3) is 0 Å². The molecule has 1 aliphatic carbocycles. The summed E-state index contributed by atoms with van der Waals surface area (Å²) in [6.45, 7) is 5.55. The number of aromatic nitrogens is 2. The summed E-state index contributed by atoms with van der Waals surface area (Å²) in [6, 6.07) is 0. The Morgan fingerprint density at radius 2 is 2.27 bits per heavy atom. The van der Waals surface area contributed by atoms with Gasteiger partial charge >= 0.3 is 0 Å². The van der Waals surface area contributed by atoms with E-state index in [1.807, 2.05) is 12.4 Å². The first-order valence-electron chi connectivity index (χ1n) is 5.91. The summed E-state index contributed by atoms with van der Waals surface area (Å²) in [5, 5.41) is 3.63. The monoisotopic (exact) mass is 207 g/mol. The Bertz CT molecular complexity index is 284. The smallest absolute Gasteiger partial charge is 0.120 e. The van der Waals surface area contributed by atoms with Crippen molar-refractivity contribution in [3.8, 4) is 0 Å². The van der Waals surface area contributed by atoms with Crippen molar-refractivity contribution >= 4 is 0 Å². The molecule has 0 aliphatic heterocycles. The van der Waals surface area contributed by atoms with Gasteiger partial charge < -0.3 is 10.3 Å². The number of hydrogen-bond acceptors (Lipinski definition) is 2. The number of aromatic amines is 1. The molecule has 0 aromatic carbocycles. The Balaban J connectivity index is 1.83.